The molecule has 10 nitrogen and oxygen atoms in total. The molecule has 0 unspecified atom stereocenters. The number of unbranched alkanes of at least 4 members (excludes halogenated alkanes) is 1. The van der Waals surface area contributed by atoms with Crippen LogP contribution in [0.3, 0.4) is 0 Å². The topological polar surface area (TPSA) is 135 Å². The van der Waals surface area contributed by atoms with E-state index in [2.05, 4.69) is 21.3 Å². The summed E-state index contributed by atoms with van der Waals surface area (Å²) < 4.78 is 10.2. The lowest BCUT2D eigenvalue weighted by atomic mass is 10.0. The van der Waals surface area contributed by atoms with Crippen molar-refractivity contribution in [1.29, 1.82) is 0 Å². The Balaban J connectivity index is 2.01. The van der Waals surface area contributed by atoms with Gasteiger partial charge in [-0.3, -0.25) is 14.4 Å². The number of alkyl carbamates (subject to hydrolysis) is 1. The van der Waals surface area contributed by atoms with E-state index >= 15 is 0 Å². The quantitative estimate of drug-likeness (QED) is 0.207. The molecule has 0 fully saturated rings. The van der Waals surface area contributed by atoms with E-state index in [9.17, 15) is 19.2 Å². The smallest absolute Gasteiger partial charge is 0.407 e. The van der Waals surface area contributed by atoms with Gasteiger partial charge in [-0.15, -0.1) is 0 Å². The molecule has 0 saturated heterocycles. The zero-order valence-electron chi connectivity index (χ0n) is 24.0. The fourth-order valence-corrected chi connectivity index (χ4v) is 3.79. The Morgan fingerprint density at radius 3 is 2.12 bits per heavy atom. The van der Waals surface area contributed by atoms with Crippen molar-refractivity contribution >= 4 is 29.6 Å². The SMILES string of the molecule is CN[C@@H](Cc1ccccc1)C(=O)N[C@@H](CCCCNC(=O)OC(C)(C)C)C(=O)Nc1ccc(COC(C)=O)cc1. The summed E-state index contributed by atoms with van der Waals surface area (Å²) >= 11 is 0. The number of nitrogens with one attached hydrogen (secondary N) is 4. The Hall–Kier alpha value is -3.92. The lowest BCUT2D eigenvalue weighted by molar-refractivity contribution is -0.142. The molecule has 0 spiro atoms. The van der Waals surface area contributed by atoms with Gasteiger partial charge in [0.1, 0.15) is 18.2 Å². The van der Waals surface area contributed by atoms with Crippen LogP contribution in [-0.2, 0) is 36.9 Å². The Morgan fingerprint density at radius 2 is 1.52 bits per heavy atom. The van der Waals surface area contributed by atoms with Gasteiger partial charge >= 0.3 is 12.1 Å². The summed E-state index contributed by atoms with van der Waals surface area (Å²) in [6.45, 7) is 7.25. The number of likely N-dealkylation sites (N-methyl/N-ethyl adjacent to an activating group) is 1. The average Bonchev–Trinajstić information content (AvgIpc) is 2.89. The molecule has 0 aliphatic heterocycles. The number of ether oxygens (including phenoxy) is 2. The molecule has 0 radical (unpaired) electrons. The second-order valence-corrected chi connectivity index (χ2v) is 10.5. The van der Waals surface area contributed by atoms with E-state index < -0.39 is 23.8 Å². The molecule has 4 N–H and O–H groups in total. The molecule has 2 aromatic carbocycles. The third-order valence-corrected chi connectivity index (χ3v) is 5.83. The van der Waals surface area contributed by atoms with Crippen molar-refractivity contribution in [2.75, 3.05) is 18.9 Å². The number of hydrogen-bond acceptors (Lipinski definition) is 7. The molecule has 40 heavy (non-hydrogen) atoms. The fourth-order valence-electron chi connectivity index (χ4n) is 3.79. The van der Waals surface area contributed by atoms with Crippen LogP contribution < -0.4 is 21.3 Å². The summed E-state index contributed by atoms with van der Waals surface area (Å²) in [5, 5.41) is 11.5. The monoisotopic (exact) mass is 554 g/mol. The van der Waals surface area contributed by atoms with Gasteiger partial charge in [0, 0.05) is 19.2 Å². The summed E-state index contributed by atoms with van der Waals surface area (Å²) in [6, 6.07) is 15.3. The normalized spacial score (nSPS) is 12.5. The standard InChI is InChI=1S/C30H42N4O6/c1-21(35)39-20-23-14-16-24(17-15-23)33-27(36)25(13-9-10-18-32-29(38)40-30(2,3)4)34-28(37)26(31-5)19-22-11-7-6-8-12-22/h6-8,11-12,14-17,25-26,31H,9-10,13,18-20H2,1-5H3,(H,32,38)(H,33,36)(H,34,37)/t25-,26-/m0/s1. The van der Waals surface area contributed by atoms with Crippen molar-refractivity contribution in [2.24, 2.45) is 0 Å². The van der Waals surface area contributed by atoms with E-state index in [-0.39, 0.29) is 24.4 Å². The third kappa shape index (κ3) is 12.8. The maximum absolute atomic E-state index is 13.2. The van der Waals surface area contributed by atoms with Gasteiger partial charge in [0.05, 0.1) is 6.04 Å². The van der Waals surface area contributed by atoms with Crippen LogP contribution in [0.2, 0.25) is 0 Å². The van der Waals surface area contributed by atoms with Gasteiger partial charge in [0.25, 0.3) is 0 Å². The number of benzene rings is 2. The van der Waals surface area contributed by atoms with E-state index in [1.54, 1.807) is 52.1 Å². The van der Waals surface area contributed by atoms with Gasteiger partial charge in [0.15, 0.2) is 0 Å². The summed E-state index contributed by atoms with van der Waals surface area (Å²) in [7, 11) is 1.71. The van der Waals surface area contributed by atoms with Gasteiger partial charge < -0.3 is 30.7 Å². The van der Waals surface area contributed by atoms with E-state index in [0.717, 1.165) is 11.1 Å². The van der Waals surface area contributed by atoms with Gasteiger partial charge in [-0.05, 0) is 76.8 Å². The number of anilines is 1. The highest BCUT2D eigenvalue weighted by molar-refractivity contribution is 5.97. The third-order valence-electron chi connectivity index (χ3n) is 5.83. The molecule has 2 aromatic rings. The van der Waals surface area contributed by atoms with E-state index in [0.29, 0.717) is 37.9 Å². The molecule has 2 rings (SSSR count). The highest BCUT2D eigenvalue weighted by Crippen LogP contribution is 2.13. The summed E-state index contributed by atoms with van der Waals surface area (Å²) in [6.07, 6.45) is 1.54. The number of amides is 3. The number of carbonyl (C=O) groups excluding carboxylic acids is 4. The van der Waals surface area contributed by atoms with Crippen molar-refractivity contribution in [3.05, 3.63) is 65.7 Å². The summed E-state index contributed by atoms with van der Waals surface area (Å²) in [4.78, 5) is 49.3. The van der Waals surface area contributed by atoms with Crippen molar-refractivity contribution in [3.8, 4) is 0 Å². The second-order valence-electron chi connectivity index (χ2n) is 10.5. The van der Waals surface area contributed by atoms with Crippen LogP contribution in [0.25, 0.3) is 0 Å². The zero-order chi connectivity index (χ0) is 29.5. The molecule has 0 saturated carbocycles. The fraction of sp³-hybridized carbons (Fsp3) is 0.467. The van der Waals surface area contributed by atoms with Crippen LogP contribution in [0.5, 0.6) is 0 Å². The summed E-state index contributed by atoms with van der Waals surface area (Å²) in [5.41, 5.74) is 1.75. The van der Waals surface area contributed by atoms with Crippen LogP contribution in [0.4, 0.5) is 10.5 Å². The van der Waals surface area contributed by atoms with E-state index in [1.165, 1.54) is 6.92 Å². The van der Waals surface area contributed by atoms with Gasteiger partial charge in [-0.2, -0.15) is 0 Å². The van der Waals surface area contributed by atoms with Crippen molar-refractivity contribution in [2.45, 2.75) is 77.7 Å². The Morgan fingerprint density at radius 1 is 0.850 bits per heavy atom. The Kier molecular flexibility index (Phi) is 13.1. The first-order chi connectivity index (χ1) is 19.0. The Bertz CT molecular complexity index is 1100. The number of carbonyl (C=O) groups is 4. The number of hydrogen-bond donors (Lipinski definition) is 4. The maximum atomic E-state index is 13.2. The molecule has 0 aliphatic carbocycles. The van der Waals surface area contributed by atoms with Gasteiger partial charge in [-0.1, -0.05) is 42.5 Å². The van der Waals surface area contributed by atoms with Crippen LogP contribution >= 0.6 is 0 Å². The molecule has 3 amide bonds. The molecule has 0 aliphatic rings. The minimum atomic E-state index is -0.790. The minimum absolute atomic E-state index is 0.145. The molecular formula is C30H42N4O6. The first-order valence-electron chi connectivity index (χ1n) is 13.5. The predicted molar refractivity (Wildman–Crippen MR) is 154 cm³/mol. The van der Waals surface area contributed by atoms with Crippen molar-refractivity contribution < 1.29 is 28.7 Å². The maximum Gasteiger partial charge on any atom is 0.407 e. The molecule has 10 heteroatoms. The molecule has 218 valence electrons. The van der Waals surface area contributed by atoms with Gasteiger partial charge in [-0.25, -0.2) is 4.79 Å². The predicted octanol–water partition coefficient (Wildman–Crippen LogP) is 3.70. The van der Waals surface area contributed by atoms with E-state index in [4.69, 9.17) is 9.47 Å². The highest BCUT2D eigenvalue weighted by atomic mass is 16.6. The van der Waals surface area contributed by atoms with Crippen LogP contribution in [0.1, 0.15) is 58.1 Å². The molecule has 0 aromatic heterocycles. The van der Waals surface area contributed by atoms with Crippen LogP contribution in [0, 0.1) is 0 Å². The molecule has 0 bridgehead atoms. The lowest BCUT2D eigenvalue weighted by Gasteiger charge is -2.23. The first kappa shape index (κ1) is 32.3. The lowest BCUT2D eigenvalue weighted by Crippen LogP contribution is -2.51. The largest absolute Gasteiger partial charge is 0.461 e. The molecule has 2 atom stereocenters. The van der Waals surface area contributed by atoms with Crippen molar-refractivity contribution in [3.63, 3.8) is 0 Å². The number of rotatable bonds is 14. The van der Waals surface area contributed by atoms with Crippen molar-refractivity contribution in [1.82, 2.24) is 16.0 Å². The second kappa shape index (κ2) is 16.2. The van der Waals surface area contributed by atoms with E-state index in [1.807, 2.05) is 30.3 Å². The van der Waals surface area contributed by atoms with Crippen LogP contribution in [-0.4, -0.2) is 55.2 Å². The summed E-state index contributed by atoms with van der Waals surface area (Å²) in [5.74, 6) is -1.00. The first-order valence-corrected chi connectivity index (χ1v) is 13.5. The molecular weight excluding hydrogens is 512 g/mol. The average molecular weight is 555 g/mol. The van der Waals surface area contributed by atoms with Gasteiger partial charge in [0.2, 0.25) is 11.8 Å². The zero-order valence-corrected chi connectivity index (χ0v) is 24.0. The Labute approximate surface area is 236 Å². The number of esters is 1. The highest BCUT2D eigenvalue weighted by Gasteiger charge is 2.25. The minimum Gasteiger partial charge on any atom is -0.461 e. The van der Waals surface area contributed by atoms with Crippen LogP contribution in [0.15, 0.2) is 54.6 Å². The molecule has 0 heterocycles.